The van der Waals surface area contributed by atoms with Crippen molar-refractivity contribution in [3.8, 4) is 0 Å². The lowest BCUT2D eigenvalue weighted by atomic mass is 9.80. The third-order valence-electron chi connectivity index (χ3n) is 3.59. The van der Waals surface area contributed by atoms with E-state index < -0.39 is 0 Å². The molecule has 0 nitrogen and oxygen atoms in total. The van der Waals surface area contributed by atoms with Gasteiger partial charge in [0.25, 0.3) is 0 Å². The second-order valence-electron chi connectivity index (χ2n) is 5.52. The van der Waals surface area contributed by atoms with Crippen LogP contribution >= 0.6 is 11.6 Å². The van der Waals surface area contributed by atoms with Gasteiger partial charge in [-0.2, -0.15) is 0 Å². The third kappa shape index (κ3) is 2.60. The molecule has 1 rings (SSSR count). The molecular formula is C15H23Cl. The molecule has 0 aromatic heterocycles. The van der Waals surface area contributed by atoms with Gasteiger partial charge in [-0.05, 0) is 49.3 Å². The van der Waals surface area contributed by atoms with Crippen molar-refractivity contribution in [2.75, 3.05) is 0 Å². The predicted octanol–water partition coefficient (Wildman–Crippen LogP) is 5.33. The average Bonchev–Trinajstić information content (AvgIpc) is 2.15. The van der Waals surface area contributed by atoms with E-state index in [1.807, 2.05) is 0 Å². The first kappa shape index (κ1) is 13.6. The Bertz CT molecular complexity index is 354. The predicted molar refractivity (Wildman–Crippen MR) is 73.3 cm³/mol. The maximum absolute atomic E-state index is 6.66. The van der Waals surface area contributed by atoms with Crippen molar-refractivity contribution < 1.29 is 0 Å². The molecule has 0 radical (unpaired) electrons. The first-order valence-electron chi connectivity index (χ1n) is 6.01. The molecule has 0 spiro atoms. The number of aryl methyl sites for hydroxylation is 3. The topological polar surface area (TPSA) is 0 Å². The quantitative estimate of drug-likeness (QED) is 0.625. The fourth-order valence-electron chi connectivity index (χ4n) is 2.16. The molecule has 0 heterocycles. The Hall–Kier alpha value is -0.490. The van der Waals surface area contributed by atoms with Gasteiger partial charge in [-0.1, -0.05) is 38.5 Å². The summed E-state index contributed by atoms with van der Waals surface area (Å²) in [6.07, 6.45) is 1.09. The minimum atomic E-state index is 0.0955. The highest BCUT2D eigenvalue weighted by atomic mass is 35.5. The fourth-order valence-corrected chi connectivity index (χ4v) is 2.66. The molecular weight excluding hydrogens is 216 g/mol. The van der Waals surface area contributed by atoms with Gasteiger partial charge in [-0.25, -0.2) is 0 Å². The minimum Gasteiger partial charge on any atom is -0.117 e. The van der Waals surface area contributed by atoms with Crippen molar-refractivity contribution >= 4 is 11.6 Å². The van der Waals surface area contributed by atoms with Gasteiger partial charge in [-0.3, -0.25) is 0 Å². The van der Waals surface area contributed by atoms with Gasteiger partial charge in [0.15, 0.2) is 0 Å². The molecule has 0 saturated heterocycles. The number of halogens is 1. The minimum absolute atomic E-state index is 0.0955. The molecule has 0 aliphatic heterocycles. The van der Waals surface area contributed by atoms with E-state index in [0.29, 0.717) is 0 Å². The summed E-state index contributed by atoms with van der Waals surface area (Å²) in [4.78, 5) is 0. The number of alkyl halides is 1. The Labute approximate surface area is 105 Å². The number of rotatable bonds is 3. The van der Waals surface area contributed by atoms with E-state index >= 15 is 0 Å². The molecule has 0 N–H and O–H groups in total. The van der Waals surface area contributed by atoms with Crippen molar-refractivity contribution in [1.82, 2.24) is 0 Å². The molecule has 0 amide bonds. The molecule has 0 saturated carbocycles. The van der Waals surface area contributed by atoms with Gasteiger partial charge in [0, 0.05) is 0 Å². The summed E-state index contributed by atoms with van der Waals surface area (Å²) in [7, 11) is 0. The summed E-state index contributed by atoms with van der Waals surface area (Å²) < 4.78 is 0. The van der Waals surface area contributed by atoms with Crippen LogP contribution in [0.5, 0.6) is 0 Å². The number of hydrogen-bond donors (Lipinski definition) is 0. The van der Waals surface area contributed by atoms with Crippen LogP contribution in [0.3, 0.4) is 0 Å². The molecule has 0 bridgehead atoms. The third-order valence-corrected chi connectivity index (χ3v) is 4.40. The molecule has 1 atom stereocenters. The van der Waals surface area contributed by atoms with Crippen LogP contribution < -0.4 is 0 Å². The monoisotopic (exact) mass is 238 g/mol. The summed E-state index contributed by atoms with van der Waals surface area (Å²) in [5, 5.41) is 0.0955. The van der Waals surface area contributed by atoms with Crippen molar-refractivity contribution in [3.05, 3.63) is 34.4 Å². The molecule has 1 heteroatoms. The van der Waals surface area contributed by atoms with E-state index in [-0.39, 0.29) is 10.8 Å². The van der Waals surface area contributed by atoms with Gasteiger partial charge in [0.2, 0.25) is 0 Å². The zero-order chi connectivity index (χ0) is 12.5. The molecule has 1 aromatic rings. The SMILES string of the molecule is CCC(C)(C)C(Cl)c1c(C)cc(C)cc1C. The van der Waals surface area contributed by atoms with E-state index in [4.69, 9.17) is 11.6 Å². The highest BCUT2D eigenvalue weighted by molar-refractivity contribution is 6.21. The smallest absolute Gasteiger partial charge is 0.0641 e. The van der Waals surface area contributed by atoms with Crippen LogP contribution in [0.15, 0.2) is 12.1 Å². The molecule has 0 aliphatic rings. The number of benzene rings is 1. The van der Waals surface area contributed by atoms with E-state index in [2.05, 4.69) is 53.7 Å². The van der Waals surface area contributed by atoms with Gasteiger partial charge in [-0.15, -0.1) is 11.6 Å². The summed E-state index contributed by atoms with van der Waals surface area (Å²) in [5.74, 6) is 0. The van der Waals surface area contributed by atoms with E-state index in [0.717, 1.165) is 6.42 Å². The zero-order valence-corrected chi connectivity index (χ0v) is 12.1. The number of hydrogen-bond acceptors (Lipinski definition) is 0. The summed E-state index contributed by atoms with van der Waals surface area (Å²) in [6.45, 7) is 13.1. The van der Waals surface area contributed by atoms with Crippen LogP contribution in [0.2, 0.25) is 0 Å². The Morgan fingerprint density at radius 3 is 1.94 bits per heavy atom. The van der Waals surface area contributed by atoms with Crippen LogP contribution in [0.25, 0.3) is 0 Å². The van der Waals surface area contributed by atoms with Crippen molar-refractivity contribution in [3.63, 3.8) is 0 Å². The Balaban J connectivity index is 3.24. The highest BCUT2D eigenvalue weighted by Gasteiger charge is 2.29. The standard InChI is InChI=1S/C15H23Cl/c1-7-15(5,6)14(16)13-11(3)8-10(2)9-12(13)4/h8-9,14H,7H2,1-6H3. The van der Waals surface area contributed by atoms with E-state index in [1.165, 1.54) is 22.3 Å². The second kappa shape index (κ2) is 4.79. The average molecular weight is 239 g/mol. The van der Waals surface area contributed by atoms with E-state index in [1.54, 1.807) is 0 Å². The van der Waals surface area contributed by atoms with Gasteiger partial charge < -0.3 is 0 Å². The Morgan fingerprint density at radius 2 is 1.56 bits per heavy atom. The maximum Gasteiger partial charge on any atom is 0.0641 e. The first-order chi connectivity index (χ1) is 7.29. The lowest BCUT2D eigenvalue weighted by molar-refractivity contribution is 0.335. The molecule has 90 valence electrons. The summed E-state index contributed by atoms with van der Waals surface area (Å²) in [5.41, 5.74) is 5.42. The van der Waals surface area contributed by atoms with Gasteiger partial charge >= 0.3 is 0 Å². The second-order valence-corrected chi connectivity index (χ2v) is 5.95. The largest absolute Gasteiger partial charge is 0.117 e. The summed E-state index contributed by atoms with van der Waals surface area (Å²) >= 11 is 6.66. The first-order valence-corrected chi connectivity index (χ1v) is 6.45. The Morgan fingerprint density at radius 1 is 1.12 bits per heavy atom. The van der Waals surface area contributed by atoms with Crippen molar-refractivity contribution in [1.29, 1.82) is 0 Å². The van der Waals surface area contributed by atoms with Crippen LogP contribution in [-0.4, -0.2) is 0 Å². The van der Waals surface area contributed by atoms with Gasteiger partial charge in [0.05, 0.1) is 5.38 Å². The van der Waals surface area contributed by atoms with Crippen molar-refractivity contribution in [2.24, 2.45) is 5.41 Å². The molecule has 0 aliphatic carbocycles. The lowest BCUT2D eigenvalue weighted by Gasteiger charge is -2.31. The molecule has 16 heavy (non-hydrogen) atoms. The summed E-state index contributed by atoms with van der Waals surface area (Å²) in [6, 6.07) is 4.45. The normalized spacial score (nSPS) is 13.9. The molecule has 1 aromatic carbocycles. The van der Waals surface area contributed by atoms with Crippen molar-refractivity contribution in [2.45, 2.75) is 53.3 Å². The zero-order valence-electron chi connectivity index (χ0n) is 11.3. The van der Waals surface area contributed by atoms with Crippen LogP contribution in [0.1, 0.15) is 54.8 Å². The van der Waals surface area contributed by atoms with Gasteiger partial charge in [0.1, 0.15) is 0 Å². The Kier molecular flexibility index (Phi) is 4.07. The van der Waals surface area contributed by atoms with E-state index in [9.17, 15) is 0 Å². The lowest BCUT2D eigenvalue weighted by Crippen LogP contribution is -2.18. The molecule has 1 unspecified atom stereocenters. The maximum atomic E-state index is 6.66. The molecule has 0 fully saturated rings. The van der Waals surface area contributed by atoms with Crippen LogP contribution in [-0.2, 0) is 0 Å². The highest BCUT2D eigenvalue weighted by Crippen LogP contribution is 2.43. The van der Waals surface area contributed by atoms with Crippen LogP contribution in [0, 0.1) is 26.2 Å². The fraction of sp³-hybridized carbons (Fsp3) is 0.600. The van der Waals surface area contributed by atoms with Crippen LogP contribution in [0.4, 0.5) is 0 Å².